The second-order valence-electron chi connectivity index (χ2n) is 5.75. The maximum Gasteiger partial charge on any atom is 0.160 e. The van der Waals surface area contributed by atoms with Crippen LogP contribution in [0.15, 0.2) is 30.3 Å². The predicted molar refractivity (Wildman–Crippen MR) is 104 cm³/mol. The zero-order valence-corrected chi connectivity index (χ0v) is 15.6. The number of hydrogen-bond donors (Lipinski definition) is 0. The average Bonchev–Trinajstić information content (AvgIpc) is 3.03. The Labute approximate surface area is 148 Å². The molecule has 0 unspecified atom stereocenters. The minimum atomic E-state index is 0.118. The topological polar surface area (TPSA) is 29.5 Å². The predicted octanol–water partition coefficient (Wildman–Crippen LogP) is 5.36. The standard InChI is InChI=1S/C20H25NO2S/c1-5-21(6-2)17-9-7-16(20(13-17)23-15(3)4)8-10-18-11-12-19(14-22)24-18/h7-15H,5-6H2,1-4H3/b10-8+. The van der Waals surface area contributed by atoms with Gasteiger partial charge >= 0.3 is 0 Å². The fraction of sp³-hybridized carbons (Fsp3) is 0.350. The van der Waals surface area contributed by atoms with Crippen LogP contribution in [0.5, 0.6) is 5.75 Å². The second-order valence-corrected chi connectivity index (χ2v) is 6.90. The number of ether oxygens (including phenoxy) is 1. The molecule has 0 aliphatic heterocycles. The van der Waals surface area contributed by atoms with Crippen molar-refractivity contribution in [3.05, 3.63) is 45.6 Å². The summed E-state index contributed by atoms with van der Waals surface area (Å²) < 4.78 is 6.01. The van der Waals surface area contributed by atoms with Crippen LogP contribution in [-0.4, -0.2) is 25.5 Å². The molecule has 1 aromatic carbocycles. The first kappa shape index (κ1) is 18.3. The third-order valence-electron chi connectivity index (χ3n) is 3.68. The van der Waals surface area contributed by atoms with Gasteiger partial charge in [0.15, 0.2) is 6.29 Å². The van der Waals surface area contributed by atoms with E-state index in [-0.39, 0.29) is 6.10 Å². The van der Waals surface area contributed by atoms with Gasteiger partial charge in [-0.25, -0.2) is 0 Å². The van der Waals surface area contributed by atoms with E-state index in [0.29, 0.717) is 0 Å². The van der Waals surface area contributed by atoms with Crippen LogP contribution in [0.25, 0.3) is 12.2 Å². The summed E-state index contributed by atoms with van der Waals surface area (Å²) in [6, 6.07) is 10.1. The van der Waals surface area contributed by atoms with Crippen molar-refractivity contribution >= 4 is 35.5 Å². The third-order valence-corrected chi connectivity index (χ3v) is 4.66. The van der Waals surface area contributed by atoms with Gasteiger partial charge in [-0.15, -0.1) is 11.3 Å². The zero-order chi connectivity index (χ0) is 17.5. The molecule has 0 atom stereocenters. The van der Waals surface area contributed by atoms with Crippen molar-refractivity contribution in [2.45, 2.75) is 33.8 Å². The number of thiophene rings is 1. The van der Waals surface area contributed by atoms with Gasteiger partial charge in [-0.1, -0.05) is 0 Å². The number of rotatable bonds is 8. The van der Waals surface area contributed by atoms with Crippen LogP contribution in [0.4, 0.5) is 5.69 Å². The highest BCUT2D eigenvalue weighted by Gasteiger charge is 2.09. The number of hydrogen-bond acceptors (Lipinski definition) is 4. The number of carbonyl (C=O) groups is 1. The molecule has 128 valence electrons. The molecule has 0 N–H and O–H groups in total. The highest BCUT2D eigenvalue weighted by molar-refractivity contribution is 7.14. The minimum Gasteiger partial charge on any atom is -0.490 e. The van der Waals surface area contributed by atoms with E-state index in [9.17, 15) is 4.79 Å². The number of nitrogens with zero attached hydrogens (tertiary/aromatic N) is 1. The molecular formula is C20H25NO2S. The molecule has 1 aromatic heterocycles. The molecule has 0 saturated carbocycles. The van der Waals surface area contributed by atoms with Gasteiger partial charge in [-0.2, -0.15) is 0 Å². The molecule has 0 amide bonds. The monoisotopic (exact) mass is 343 g/mol. The normalized spacial score (nSPS) is 11.2. The molecule has 0 saturated heterocycles. The summed E-state index contributed by atoms with van der Waals surface area (Å²) in [7, 11) is 0. The summed E-state index contributed by atoms with van der Waals surface area (Å²) in [6.45, 7) is 10.3. The van der Waals surface area contributed by atoms with E-state index >= 15 is 0 Å². The van der Waals surface area contributed by atoms with E-state index in [1.165, 1.54) is 17.0 Å². The molecule has 2 aromatic rings. The van der Waals surface area contributed by atoms with Crippen LogP contribution in [0.3, 0.4) is 0 Å². The Balaban J connectivity index is 2.31. The zero-order valence-electron chi connectivity index (χ0n) is 14.8. The number of benzene rings is 1. The molecule has 0 fully saturated rings. The Bertz CT molecular complexity index is 699. The summed E-state index contributed by atoms with van der Waals surface area (Å²) >= 11 is 1.48. The van der Waals surface area contributed by atoms with E-state index in [0.717, 1.165) is 40.4 Å². The van der Waals surface area contributed by atoms with Crippen molar-refractivity contribution in [2.75, 3.05) is 18.0 Å². The third kappa shape index (κ3) is 4.71. The van der Waals surface area contributed by atoms with E-state index in [1.807, 2.05) is 38.1 Å². The molecule has 0 aliphatic carbocycles. The van der Waals surface area contributed by atoms with Crippen molar-refractivity contribution < 1.29 is 9.53 Å². The van der Waals surface area contributed by atoms with Crippen LogP contribution >= 0.6 is 11.3 Å². The Kier molecular flexibility index (Phi) is 6.62. The Morgan fingerprint density at radius 2 is 1.79 bits per heavy atom. The maximum absolute atomic E-state index is 10.8. The first-order chi connectivity index (χ1) is 11.6. The maximum atomic E-state index is 10.8. The van der Waals surface area contributed by atoms with Crippen LogP contribution in [0, 0.1) is 0 Å². The van der Waals surface area contributed by atoms with Crippen molar-refractivity contribution in [2.24, 2.45) is 0 Å². The minimum absolute atomic E-state index is 0.118. The van der Waals surface area contributed by atoms with Gasteiger partial charge in [0.2, 0.25) is 0 Å². The quantitative estimate of drug-likeness (QED) is 0.604. The number of anilines is 1. The van der Waals surface area contributed by atoms with Crippen LogP contribution in [0.1, 0.15) is 47.8 Å². The average molecular weight is 343 g/mol. The van der Waals surface area contributed by atoms with Gasteiger partial charge in [0.05, 0.1) is 11.0 Å². The first-order valence-corrected chi connectivity index (χ1v) is 9.17. The fourth-order valence-corrected chi connectivity index (χ4v) is 3.22. The van der Waals surface area contributed by atoms with E-state index in [1.54, 1.807) is 0 Å². The van der Waals surface area contributed by atoms with E-state index in [2.05, 4.69) is 36.9 Å². The molecule has 4 heteroatoms. The fourth-order valence-electron chi connectivity index (χ4n) is 2.50. The molecule has 1 heterocycles. The lowest BCUT2D eigenvalue weighted by Crippen LogP contribution is -2.21. The van der Waals surface area contributed by atoms with Crippen molar-refractivity contribution in [3.8, 4) is 5.75 Å². The highest BCUT2D eigenvalue weighted by Crippen LogP contribution is 2.29. The van der Waals surface area contributed by atoms with Crippen molar-refractivity contribution in [1.29, 1.82) is 0 Å². The van der Waals surface area contributed by atoms with Gasteiger partial charge in [0.25, 0.3) is 0 Å². The van der Waals surface area contributed by atoms with Crippen molar-refractivity contribution in [1.82, 2.24) is 0 Å². The molecule has 0 radical (unpaired) electrons. The first-order valence-electron chi connectivity index (χ1n) is 8.36. The summed E-state index contributed by atoms with van der Waals surface area (Å²) in [6.07, 6.45) is 5.07. The molecule has 0 aliphatic rings. The van der Waals surface area contributed by atoms with Crippen molar-refractivity contribution in [3.63, 3.8) is 0 Å². The number of carbonyl (C=O) groups excluding carboxylic acids is 1. The van der Waals surface area contributed by atoms with Crippen LogP contribution in [-0.2, 0) is 0 Å². The summed E-state index contributed by atoms with van der Waals surface area (Å²) in [5, 5.41) is 0. The van der Waals surface area contributed by atoms with Gasteiger partial charge in [0, 0.05) is 35.3 Å². The summed E-state index contributed by atoms with van der Waals surface area (Å²) in [4.78, 5) is 14.9. The van der Waals surface area contributed by atoms with Gasteiger partial charge in [-0.05, 0) is 64.1 Å². The van der Waals surface area contributed by atoms with Gasteiger partial charge in [-0.3, -0.25) is 4.79 Å². The van der Waals surface area contributed by atoms with Crippen LogP contribution < -0.4 is 9.64 Å². The smallest absolute Gasteiger partial charge is 0.160 e. The Morgan fingerprint density at radius 3 is 2.38 bits per heavy atom. The molecular weight excluding hydrogens is 318 g/mol. The Morgan fingerprint density at radius 1 is 1.08 bits per heavy atom. The molecule has 24 heavy (non-hydrogen) atoms. The number of aldehydes is 1. The van der Waals surface area contributed by atoms with E-state index < -0.39 is 0 Å². The lowest BCUT2D eigenvalue weighted by atomic mass is 10.1. The highest BCUT2D eigenvalue weighted by atomic mass is 32.1. The summed E-state index contributed by atoms with van der Waals surface area (Å²) in [5.41, 5.74) is 2.22. The lowest BCUT2D eigenvalue weighted by Gasteiger charge is -2.23. The molecule has 0 bridgehead atoms. The molecule has 0 spiro atoms. The van der Waals surface area contributed by atoms with Crippen LogP contribution in [0.2, 0.25) is 0 Å². The largest absolute Gasteiger partial charge is 0.490 e. The van der Waals surface area contributed by atoms with Gasteiger partial charge < -0.3 is 9.64 Å². The lowest BCUT2D eigenvalue weighted by molar-refractivity contribution is 0.112. The molecule has 2 rings (SSSR count). The second kappa shape index (κ2) is 8.69. The summed E-state index contributed by atoms with van der Waals surface area (Å²) in [5.74, 6) is 0.887. The SMILES string of the molecule is CCN(CC)c1ccc(/C=C/c2ccc(C=O)s2)c(OC(C)C)c1. The Hall–Kier alpha value is -2.07. The van der Waals surface area contributed by atoms with Gasteiger partial charge in [0.1, 0.15) is 5.75 Å². The molecule has 3 nitrogen and oxygen atoms in total. The van der Waals surface area contributed by atoms with E-state index in [4.69, 9.17) is 4.74 Å².